The summed E-state index contributed by atoms with van der Waals surface area (Å²) in [4.78, 5) is 45.1. The maximum atomic E-state index is 14.4. The summed E-state index contributed by atoms with van der Waals surface area (Å²) < 4.78 is 13.8. The van der Waals surface area contributed by atoms with Gasteiger partial charge in [-0.2, -0.15) is 0 Å². The number of cyclic esters (lactones) is 1. The van der Waals surface area contributed by atoms with E-state index in [1.807, 2.05) is 56.3 Å². The molecule has 39 heavy (non-hydrogen) atoms. The van der Waals surface area contributed by atoms with Gasteiger partial charge in [-0.3, -0.25) is 14.4 Å². The number of benzene rings is 1. The summed E-state index contributed by atoms with van der Waals surface area (Å²) >= 11 is 0. The highest BCUT2D eigenvalue weighted by atomic mass is 16.6. The van der Waals surface area contributed by atoms with Gasteiger partial charge in [0.05, 0.1) is 36.8 Å². The minimum Gasteiger partial charge on any atom is -0.465 e. The quantitative estimate of drug-likeness (QED) is 0.448. The summed E-state index contributed by atoms with van der Waals surface area (Å²) in [7, 11) is 0. The van der Waals surface area contributed by atoms with E-state index in [1.54, 1.807) is 15.7 Å². The van der Waals surface area contributed by atoms with Gasteiger partial charge in [0, 0.05) is 6.54 Å². The molecule has 11 heteroatoms. The number of rotatable bonds is 5. The van der Waals surface area contributed by atoms with Gasteiger partial charge >= 0.3 is 5.97 Å². The van der Waals surface area contributed by atoms with E-state index in [1.165, 1.54) is 4.90 Å². The molecule has 0 radical (unpaired) electrons. The van der Waals surface area contributed by atoms with E-state index in [0.29, 0.717) is 11.9 Å². The Labute approximate surface area is 226 Å². The molecule has 1 unspecified atom stereocenters. The normalized spacial score (nSPS) is 32.3. The van der Waals surface area contributed by atoms with E-state index in [9.17, 15) is 19.5 Å². The third-order valence-electron chi connectivity index (χ3n) is 8.41. The number of hydrogen-bond donors (Lipinski definition) is 1. The lowest BCUT2D eigenvalue weighted by molar-refractivity contribution is -0.157. The zero-order chi connectivity index (χ0) is 27.3. The van der Waals surface area contributed by atoms with Crippen LogP contribution in [0.2, 0.25) is 0 Å². The number of para-hydroxylation sites is 1. The predicted octanol–water partition coefficient (Wildman–Crippen LogP) is 1.28. The van der Waals surface area contributed by atoms with E-state index in [2.05, 4.69) is 10.3 Å². The van der Waals surface area contributed by atoms with Crippen LogP contribution in [0.15, 0.2) is 48.6 Å². The molecule has 0 bridgehead atoms. The Morgan fingerprint density at radius 3 is 2.77 bits per heavy atom. The van der Waals surface area contributed by atoms with Gasteiger partial charge in [0.1, 0.15) is 29.7 Å². The first-order valence-electron chi connectivity index (χ1n) is 13.6. The van der Waals surface area contributed by atoms with E-state index in [-0.39, 0.29) is 44.2 Å². The standard InChI is InChI=1S/C28H33N5O6/c1-17(2)20(15-34)33-24-26(36)31(16-32-19-10-6-5-9-18(19)29-30-32)13-8-12-28(24)23(25(33)35)22-21(39-28)11-4-3-7-14-38-27(22)37/h4-6,8-12,17,20-24,34H,3,7,13-16H2,1-2H3/b11-4-/t20-,21-,22+,23-,24?,28-/m0/s1. The van der Waals surface area contributed by atoms with Gasteiger partial charge in [0.15, 0.2) is 0 Å². The van der Waals surface area contributed by atoms with E-state index >= 15 is 0 Å². The van der Waals surface area contributed by atoms with Crippen molar-refractivity contribution in [2.75, 3.05) is 19.8 Å². The Balaban J connectivity index is 1.44. The molecule has 1 N–H and O–H groups in total. The molecule has 0 saturated carbocycles. The third kappa shape index (κ3) is 3.98. The first-order valence-corrected chi connectivity index (χ1v) is 13.6. The monoisotopic (exact) mass is 535 g/mol. The van der Waals surface area contributed by atoms with Gasteiger partial charge in [-0.1, -0.05) is 55.5 Å². The van der Waals surface area contributed by atoms with Gasteiger partial charge in [0.25, 0.3) is 5.91 Å². The van der Waals surface area contributed by atoms with Crippen LogP contribution in [0.4, 0.5) is 0 Å². The van der Waals surface area contributed by atoms with Crippen molar-refractivity contribution in [3.63, 3.8) is 0 Å². The summed E-state index contributed by atoms with van der Waals surface area (Å²) in [6, 6.07) is 5.78. The van der Waals surface area contributed by atoms with Crippen LogP contribution in [0.1, 0.15) is 26.7 Å². The number of ether oxygens (including phenoxy) is 2. The van der Waals surface area contributed by atoms with Crippen molar-refractivity contribution in [2.45, 2.75) is 57.1 Å². The molecule has 5 heterocycles. The molecule has 11 nitrogen and oxygen atoms in total. The first kappa shape index (κ1) is 25.7. The van der Waals surface area contributed by atoms with Crippen molar-refractivity contribution in [3.8, 4) is 0 Å². The van der Waals surface area contributed by atoms with Crippen molar-refractivity contribution in [1.29, 1.82) is 0 Å². The maximum absolute atomic E-state index is 14.4. The molecular formula is C28H33N5O6. The lowest BCUT2D eigenvalue weighted by Gasteiger charge is -2.39. The van der Waals surface area contributed by atoms with Crippen LogP contribution in [0.5, 0.6) is 0 Å². The number of hydrogen-bond acceptors (Lipinski definition) is 8. The number of likely N-dealkylation sites (tertiary alicyclic amines) is 1. The van der Waals surface area contributed by atoms with Crippen LogP contribution >= 0.6 is 0 Å². The number of esters is 1. The van der Waals surface area contributed by atoms with Gasteiger partial charge in [-0.25, -0.2) is 4.68 Å². The molecule has 4 aliphatic heterocycles. The fourth-order valence-electron chi connectivity index (χ4n) is 6.53. The Kier molecular flexibility index (Phi) is 6.50. The molecular weight excluding hydrogens is 502 g/mol. The number of aliphatic hydroxyl groups excluding tert-OH is 1. The second-order valence-electron chi connectivity index (χ2n) is 11.0. The molecule has 6 rings (SSSR count). The Hall–Kier alpha value is -3.57. The number of carbonyl (C=O) groups excluding carboxylic acids is 3. The molecule has 0 aliphatic carbocycles. The topological polar surface area (TPSA) is 127 Å². The Bertz CT molecular complexity index is 1350. The number of amides is 2. The minimum atomic E-state index is -1.38. The fourth-order valence-corrected chi connectivity index (χ4v) is 6.53. The molecule has 1 aromatic carbocycles. The molecule has 1 spiro atoms. The van der Waals surface area contributed by atoms with Crippen molar-refractivity contribution in [2.24, 2.45) is 17.8 Å². The molecule has 6 atom stereocenters. The SMILES string of the molecule is CC(C)[C@H](CO)N1C(=O)[C@@H]2[C@@H]3C(=O)OCCC/C=C\[C@@H]3O[C@@]23C=CCN(Cn2nnc4ccccc42)C(=O)C13. The lowest BCUT2D eigenvalue weighted by Crippen LogP contribution is -2.59. The lowest BCUT2D eigenvalue weighted by atomic mass is 9.78. The number of aliphatic hydroxyl groups is 1. The summed E-state index contributed by atoms with van der Waals surface area (Å²) in [6.07, 6.45) is 8.08. The largest absolute Gasteiger partial charge is 0.465 e. The average molecular weight is 536 g/mol. The minimum absolute atomic E-state index is 0.114. The summed E-state index contributed by atoms with van der Waals surface area (Å²) in [5, 5.41) is 18.8. The van der Waals surface area contributed by atoms with Gasteiger partial charge in [-0.05, 0) is 30.9 Å². The number of fused-ring (bicyclic) bond motifs is 3. The van der Waals surface area contributed by atoms with Gasteiger partial charge in [0.2, 0.25) is 5.91 Å². The Morgan fingerprint density at radius 2 is 1.97 bits per heavy atom. The van der Waals surface area contributed by atoms with Crippen LogP contribution in [0, 0.1) is 17.8 Å². The highest BCUT2D eigenvalue weighted by Gasteiger charge is 2.72. The van der Waals surface area contributed by atoms with Crippen LogP contribution in [0.3, 0.4) is 0 Å². The van der Waals surface area contributed by atoms with E-state index in [4.69, 9.17) is 9.47 Å². The van der Waals surface area contributed by atoms with Crippen molar-refractivity contribution in [1.82, 2.24) is 24.8 Å². The highest BCUT2D eigenvalue weighted by molar-refractivity contribution is 5.99. The molecule has 2 aromatic rings. The number of carbonyl (C=O) groups is 3. The smallest absolute Gasteiger partial charge is 0.312 e. The molecule has 2 fully saturated rings. The molecule has 2 amide bonds. The maximum Gasteiger partial charge on any atom is 0.312 e. The third-order valence-corrected chi connectivity index (χ3v) is 8.41. The summed E-state index contributed by atoms with van der Waals surface area (Å²) in [5.41, 5.74) is 0.106. The van der Waals surface area contributed by atoms with Crippen molar-refractivity contribution in [3.05, 3.63) is 48.6 Å². The molecule has 206 valence electrons. The van der Waals surface area contributed by atoms with Gasteiger partial charge < -0.3 is 24.4 Å². The zero-order valence-corrected chi connectivity index (χ0v) is 22.1. The highest BCUT2D eigenvalue weighted by Crippen LogP contribution is 2.54. The fraction of sp³-hybridized carbons (Fsp3) is 0.536. The molecule has 2 saturated heterocycles. The summed E-state index contributed by atoms with van der Waals surface area (Å²) in [6.45, 7) is 4.09. The van der Waals surface area contributed by atoms with Crippen molar-refractivity contribution < 1.29 is 29.0 Å². The number of allylic oxidation sites excluding steroid dienone is 1. The van der Waals surface area contributed by atoms with E-state index < -0.39 is 41.6 Å². The van der Waals surface area contributed by atoms with Crippen LogP contribution in [0.25, 0.3) is 11.0 Å². The Morgan fingerprint density at radius 1 is 1.15 bits per heavy atom. The van der Waals surface area contributed by atoms with Crippen LogP contribution in [-0.4, -0.2) is 91.2 Å². The first-order chi connectivity index (χ1) is 18.9. The number of aromatic nitrogens is 3. The predicted molar refractivity (Wildman–Crippen MR) is 139 cm³/mol. The van der Waals surface area contributed by atoms with Gasteiger partial charge in [-0.15, -0.1) is 5.10 Å². The summed E-state index contributed by atoms with van der Waals surface area (Å²) in [5.74, 6) is -3.21. The van der Waals surface area contributed by atoms with Crippen LogP contribution < -0.4 is 0 Å². The van der Waals surface area contributed by atoms with Crippen LogP contribution in [-0.2, 0) is 30.5 Å². The average Bonchev–Trinajstić information content (AvgIpc) is 3.52. The molecule has 1 aromatic heterocycles. The number of nitrogens with zero attached hydrogens (tertiary/aromatic N) is 5. The zero-order valence-electron chi connectivity index (χ0n) is 22.1. The molecule has 4 aliphatic rings. The van der Waals surface area contributed by atoms with Crippen molar-refractivity contribution >= 4 is 28.8 Å². The van der Waals surface area contributed by atoms with E-state index in [0.717, 1.165) is 11.9 Å². The second kappa shape index (κ2) is 9.87. The second-order valence-corrected chi connectivity index (χ2v) is 11.0.